The van der Waals surface area contributed by atoms with Gasteiger partial charge in [0.25, 0.3) is 11.8 Å². The van der Waals surface area contributed by atoms with E-state index in [-0.39, 0.29) is 13.2 Å². The number of hydrogen-bond acceptors (Lipinski definition) is 7. The van der Waals surface area contributed by atoms with Crippen LogP contribution in [0.25, 0.3) is 0 Å². The lowest BCUT2D eigenvalue weighted by molar-refractivity contribution is -0.132. The van der Waals surface area contributed by atoms with Crippen LogP contribution in [-0.4, -0.2) is 51.0 Å². The number of amides is 2. The lowest BCUT2D eigenvalue weighted by Gasteiger charge is -2.25. The van der Waals surface area contributed by atoms with Crippen LogP contribution in [0.3, 0.4) is 0 Å². The highest BCUT2D eigenvalue weighted by Crippen LogP contribution is 2.30. The van der Waals surface area contributed by atoms with Crippen molar-refractivity contribution in [2.45, 2.75) is 13.0 Å². The molecule has 0 aliphatic carbocycles. The molecule has 0 saturated heterocycles. The first-order chi connectivity index (χ1) is 14.5. The molecule has 9 nitrogen and oxygen atoms in total. The number of hydrazone groups is 1. The molecule has 1 aliphatic heterocycles. The summed E-state index contributed by atoms with van der Waals surface area (Å²) in [6, 6.07) is 12.3. The summed E-state index contributed by atoms with van der Waals surface area (Å²) in [4.78, 5) is 24.3. The lowest BCUT2D eigenvalue weighted by Crippen LogP contribution is -2.46. The van der Waals surface area contributed by atoms with E-state index in [1.165, 1.54) is 7.11 Å². The largest absolute Gasteiger partial charge is 0.497 e. The van der Waals surface area contributed by atoms with Crippen molar-refractivity contribution in [3.63, 3.8) is 0 Å². The molecule has 2 aromatic rings. The first-order valence-electron chi connectivity index (χ1n) is 9.23. The third-order valence-corrected chi connectivity index (χ3v) is 4.37. The van der Waals surface area contributed by atoms with Crippen molar-refractivity contribution >= 4 is 17.5 Å². The van der Waals surface area contributed by atoms with Gasteiger partial charge in [0.2, 0.25) is 6.10 Å². The number of hydrogen-bond donors (Lipinski definition) is 2. The fraction of sp³-hybridized carbons (Fsp3) is 0.286. The minimum atomic E-state index is -0.832. The number of ether oxygens (including phenoxy) is 4. The topological polar surface area (TPSA) is 107 Å². The summed E-state index contributed by atoms with van der Waals surface area (Å²) in [6.45, 7) is 1.55. The Balaban J connectivity index is 1.52. The van der Waals surface area contributed by atoms with Gasteiger partial charge in [-0.15, -0.1) is 0 Å². The monoisotopic (exact) mass is 413 g/mol. The van der Waals surface area contributed by atoms with Gasteiger partial charge in [0.05, 0.1) is 26.5 Å². The number of fused-ring (bicyclic) bond motifs is 1. The third kappa shape index (κ3) is 4.99. The Kier molecular flexibility index (Phi) is 6.74. The molecule has 2 N–H and O–H groups in total. The summed E-state index contributed by atoms with van der Waals surface area (Å²) >= 11 is 0. The van der Waals surface area contributed by atoms with Crippen LogP contribution in [0.15, 0.2) is 47.6 Å². The lowest BCUT2D eigenvalue weighted by atomic mass is 10.1. The summed E-state index contributed by atoms with van der Waals surface area (Å²) in [5, 5.41) is 6.59. The Hall–Kier alpha value is -3.75. The molecule has 0 fully saturated rings. The van der Waals surface area contributed by atoms with Crippen LogP contribution in [0.1, 0.15) is 12.5 Å². The number of methoxy groups -OCH3 is 2. The highest BCUT2D eigenvalue weighted by molar-refractivity contribution is 6.02. The molecular weight excluding hydrogens is 390 g/mol. The Morgan fingerprint density at radius 3 is 2.63 bits per heavy atom. The zero-order chi connectivity index (χ0) is 21.5. The molecule has 0 aromatic heterocycles. The molecule has 2 aromatic carbocycles. The maximum absolute atomic E-state index is 12.3. The molecule has 3 rings (SSSR count). The smallest absolute Gasteiger partial charge is 0.265 e. The minimum absolute atomic E-state index is 0.0684. The van der Waals surface area contributed by atoms with Crippen molar-refractivity contribution in [3.05, 3.63) is 48.0 Å². The van der Waals surface area contributed by atoms with Gasteiger partial charge < -0.3 is 24.3 Å². The van der Waals surface area contributed by atoms with E-state index in [1.807, 2.05) is 6.07 Å². The van der Waals surface area contributed by atoms with Crippen LogP contribution < -0.4 is 29.7 Å². The van der Waals surface area contributed by atoms with Crippen molar-refractivity contribution in [3.8, 4) is 23.0 Å². The molecule has 1 aliphatic rings. The maximum atomic E-state index is 12.3. The summed E-state index contributed by atoms with van der Waals surface area (Å²) in [5.74, 6) is 1.35. The van der Waals surface area contributed by atoms with Gasteiger partial charge in [-0.3, -0.25) is 9.59 Å². The summed E-state index contributed by atoms with van der Waals surface area (Å²) in [6.07, 6.45) is -0.832. The van der Waals surface area contributed by atoms with Gasteiger partial charge in [-0.25, -0.2) is 5.43 Å². The second kappa shape index (κ2) is 9.64. The quantitative estimate of drug-likeness (QED) is 0.526. The second-order valence-corrected chi connectivity index (χ2v) is 6.38. The molecule has 1 atom stereocenters. The molecule has 0 bridgehead atoms. The average molecular weight is 413 g/mol. The van der Waals surface area contributed by atoms with Crippen LogP contribution in [0, 0.1) is 0 Å². The first-order valence-corrected chi connectivity index (χ1v) is 9.23. The van der Waals surface area contributed by atoms with E-state index in [0.717, 1.165) is 0 Å². The predicted octanol–water partition coefficient (Wildman–Crippen LogP) is 1.50. The number of carbonyl (C=O) groups excluding carboxylic acids is 2. The normalized spacial score (nSPS) is 15.2. The molecule has 0 unspecified atom stereocenters. The molecule has 0 saturated carbocycles. The van der Waals surface area contributed by atoms with Gasteiger partial charge in [-0.1, -0.05) is 12.1 Å². The highest BCUT2D eigenvalue weighted by atomic mass is 16.6. The molecule has 9 heteroatoms. The Bertz CT molecular complexity index is 960. The standard InChI is InChI=1S/C21H23N3O6/c1-13(15-9-8-14(27-2)10-18(15)28-3)23-24-20(25)11-22-21(26)19-12-29-16-6-4-5-7-17(16)30-19/h4-10,19H,11-12H2,1-3H3,(H,22,26)(H,24,25)/b23-13-/t19-/m1/s1. The van der Waals surface area contributed by atoms with Crippen molar-refractivity contribution in [1.82, 2.24) is 10.7 Å². The summed E-state index contributed by atoms with van der Waals surface area (Å²) in [7, 11) is 3.10. The molecule has 30 heavy (non-hydrogen) atoms. The number of para-hydroxylation sites is 2. The molecule has 158 valence electrons. The molecule has 0 radical (unpaired) electrons. The van der Waals surface area contributed by atoms with E-state index < -0.39 is 17.9 Å². The predicted molar refractivity (Wildman–Crippen MR) is 109 cm³/mol. The van der Waals surface area contributed by atoms with Gasteiger partial charge in [0.15, 0.2) is 11.5 Å². The van der Waals surface area contributed by atoms with Gasteiger partial charge in [0.1, 0.15) is 18.1 Å². The summed E-state index contributed by atoms with van der Waals surface area (Å²) in [5.41, 5.74) is 3.65. The van der Waals surface area contributed by atoms with Gasteiger partial charge >= 0.3 is 0 Å². The molecule has 0 spiro atoms. The van der Waals surface area contributed by atoms with Crippen LogP contribution >= 0.6 is 0 Å². The zero-order valence-corrected chi connectivity index (χ0v) is 16.9. The number of carbonyl (C=O) groups is 2. The Labute approximate surface area is 174 Å². The van der Waals surface area contributed by atoms with Crippen molar-refractivity contribution in [2.24, 2.45) is 5.10 Å². The van der Waals surface area contributed by atoms with Crippen molar-refractivity contribution in [1.29, 1.82) is 0 Å². The SMILES string of the molecule is COc1ccc(/C(C)=N\NC(=O)CNC(=O)[C@H]2COc3ccccc3O2)c(OC)c1. The number of nitrogens with zero attached hydrogens (tertiary/aromatic N) is 1. The van der Waals surface area contributed by atoms with Crippen molar-refractivity contribution in [2.75, 3.05) is 27.4 Å². The van der Waals surface area contributed by atoms with Gasteiger partial charge in [-0.05, 0) is 31.2 Å². The van der Waals surface area contributed by atoms with Crippen LogP contribution in [-0.2, 0) is 9.59 Å². The Morgan fingerprint density at radius 1 is 1.13 bits per heavy atom. The fourth-order valence-electron chi connectivity index (χ4n) is 2.77. The first kappa shape index (κ1) is 21.0. The van der Waals surface area contributed by atoms with Crippen LogP contribution in [0.4, 0.5) is 0 Å². The average Bonchev–Trinajstić information content (AvgIpc) is 2.80. The van der Waals surface area contributed by atoms with E-state index in [0.29, 0.717) is 34.3 Å². The number of nitrogens with one attached hydrogen (secondary N) is 2. The highest BCUT2D eigenvalue weighted by Gasteiger charge is 2.27. The molecule has 1 heterocycles. The van der Waals surface area contributed by atoms with E-state index >= 15 is 0 Å². The van der Waals surface area contributed by atoms with Crippen molar-refractivity contribution < 1.29 is 28.5 Å². The van der Waals surface area contributed by atoms with E-state index in [1.54, 1.807) is 50.4 Å². The number of rotatable bonds is 7. The zero-order valence-electron chi connectivity index (χ0n) is 16.9. The van der Waals surface area contributed by atoms with E-state index in [4.69, 9.17) is 18.9 Å². The second-order valence-electron chi connectivity index (χ2n) is 6.38. The van der Waals surface area contributed by atoms with Gasteiger partial charge in [-0.2, -0.15) is 5.10 Å². The maximum Gasteiger partial charge on any atom is 0.265 e. The van der Waals surface area contributed by atoms with Crippen LogP contribution in [0.2, 0.25) is 0 Å². The van der Waals surface area contributed by atoms with Crippen LogP contribution in [0.5, 0.6) is 23.0 Å². The summed E-state index contributed by atoms with van der Waals surface area (Å²) < 4.78 is 21.6. The fourth-order valence-corrected chi connectivity index (χ4v) is 2.77. The third-order valence-electron chi connectivity index (χ3n) is 4.37. The molecular formula is C21H23N3O6. The Morgan fingerprint density at radius 2 is 1.90 bits per heavy atom. The van der Waals surface area contributed by atoms with E-state index in [9.17, 15) is 9.59 Å². The number of benzene rings is 2. The minimum Gasteiger partial charge on any atom is -0.497 e. The van der Waals surface area contributed by atoms with Gasteiger partial charge in [0, 0.05) is 11.6 Å². The van der Waals surface area contributed by atoms with E-state index in [2.05, 4.69) is 15.8 Å². The molecule has 2 amide bonds.